The van der Waals surface area contributed by atoms with Crippen molar-refractivity contribution in [2.24, 2.45) is 0 Å². The molecule has 3 aromatic carbocycles. The van der Waals surface area contributed by atoms with E-state index in [1.807, 2.05) is 24.3 Å². The quantitative estimate of drug-likeness (QED) is 0.0707. The van der Waals surface area contributed by atoms with Crippen LogP contribution >= 0.6 is 0 Å². The summed E-state index contributed by atoms with van der Waals surface area (Å²) in [5.41, 5.74) is 8.16. The molecule has 0 atom stereocenters. The Kier molecular flexibility index (Phi) is 16.0. The van der Waals surface area contributed by atoms with Crippen LogP contribution in [0.15, 0.2) is 78.9 Å². The zero-order chi connectivity index (χ0) is 34.9. The minimum absolute atomic E-state index is 0.0734. The molecule has 0 unspecified atom stereocenters. The van der Waals surface area contributed by atoms with E-state index < -0.39 is 11.9 Å². The van der Waals surface area contributed by atoms with Crippen molar-refractivity contribution in [1.29, 1.82) is 0 Å². The van der Waals surface area contributed by atoms with Gasteiger partial charge >= 0.3 is 11.9 Å². The summed E-state index contributed by atoms with van der Waals surface area (Å²) in [5.74, 6) is 0.410. The van der Waals surface area contributed by atoms with Crippen LogP contribution in [0.25, 0.3) is 11.1 Å². The molecule has 0 spiro atoms. The van der Waals surface area contributed by atoms with Crippen molar-refractivity contribution in [3.8, 4) is 22.6 Å². The summed E-state index contributed by atoms with van der Waals surface area (Å²) in [6.45, 7) is 15.4. The van der Waals surface area contributed by atoms with Gasteiger partial charge in [-0.3, -0.25) is 0 Å². The first-order chi connectivity index (χ1) is 23.2. The Morgan fingerprint density at radius 1 is 0.625 bits per heavy atom. The van der Waals surface area contributed by atoms with Gasteiger partial charge in [-0.05, 0) is 97.9 Å². The summed E-state index contributed by atoms with van der Waals surface area (Å²) in [6.07, 6.45) is 7.55. The molecule has 0 radical (unpaired) electrons. The zero-order valence-electron chi connectivity index (χ0n) is 29.2. The van der Waals surface area contributed by atoms with Crippen molar-refractivity contribution < 1.29 is 33.6 Å². The highest BCUT2D eigenvalue weighted by Crippen LogP contribution is 2.39. The fourth-order valence-corrected chi connectivity index (χ4v) is 5.30. The topological polar surface area (TPSA) is 91.3 Å². The van der Waals surface area contributed by atoms with E-state index in [2.05, 4.69) is 57.3 Å². The molecular weight excluding hydrogens is 604 g/mol. The molecule has 0 bridgehead atoms. The number of unbranched alkanes of at least 4 members (excludes halogenated alkanes) is 2. The highest BCUT2D eigenvalue weighted by atomic mass is 16.6. The number of esters is 2. The lowest BCUT2D eigenvalue weighted by Crippen LogP contribution is -2.14. The van der Waals surface area contributed by atoms with Crippen LogP contribution < -0.4 is 9.47 Å². The second-order valence-electron chi connectivity index (χ2n) is 12.1. The van der Waals surface area contributed by atoms with Gasteiger partial charge in [0.15, 0.2) is 0 Å². The van der Waals surface area contributed by atoms with Crippen molar-refractivity contribution in [2.75, 3.05) is 33.0 Å². The summed E-state index contributed by atoms with van der Waals surface area (Å²) in [6, 6.07) is 19.0. The minimum Gasteiger partial charge on any atom is -0.490 e. The fraction of sp³-hybridized carbons (Fsp3) is 0.415. The van der Waals surface area contributed by atoms with Gasteiger partial charge in [-0.25, -0.2) is 9.59 Å². The van der Waals surface area contributed by atoms with E-state index in [4.69, 9.17) is 18.9 Å². The second-order valence-corrected chi connectivity index (χ2v) is 12.1. The van der Waals surface area contributed by atoms with Crippen LogP contribution in [0, 0.1) is 0 Å². The summed E-state index contributed by atoms with van der Waals surface area (Å²) >= 11 is 0. The van der Waals surface area contributed by atoms with E-state index in [0.29, 0.717) is 35.5 Å². The molecule has 1 N–H and O–H groups in total. The molecule has 258 valence electrons. The number of hydrogen-bond donors (Lipinski definition) is 1. The molecule has 0 saturated carbocycles. The molecule has 0 fully saturated rings. The van der Waals surface area contributed by atoms with E-state index in [-0.39, 0.29) is 33.0 Å². The third kappa shape index (κ3) is 12.0. The standard InChI is InChI=1S/C41H52O7/c1-7-9-10-11-31-12-14-32(15-13-31)16-18-35-27-39(46-23-25-48-41(44)30(5)6)37(28-38(35)45-22-24-47-40(43)29(3)4)36-19-17-33(20-21-42)26-34(36)8-2/h12-15,17,19,26-28,42H,3,5,7-11,16,18,20-25H2,1-2,4,6H3. The first-order valence-corrected chi connectivity index (χ1v) is 17.0. The third-order valence-corrected chi connectivity index (χ3v) is 8.02. The number of carbonyl (C=O) groups is 2. The maximum absolute atomic E-state index is 12.0. The first-order valence-electron chi connectivity index (χ1n) is 17.0. The molecule has 0 aliphatic rings. The molecule has 0 heterocycles. The Bertz CT molecular complexity index is 1520. The van der Waals surface area contributed by atoms with Crippen LogP contribution in [0.5, 0.6) is 11.5 Å². The second kappa shape index (κ2) is 20.1. The van der Waals surface area contributed by atoms with Crippen molar-refractivity contribution in [3.05, 3.63) is 107 Å². The number of hydrogen-bond acceptors (Lipinski definition) is 7. The smallest absolute Gasteiger partial charge is 0.333 e. The van der Waals surface area contributed by atoms with Crippen LogP contribution in [-0.4, -0.2) is 50.1 Å². The molecule has 7 heteroatoms. The average molecular weight is 657 g/mol. The molecule has 3 aromatic rings. The number of carbonyl (C=O) groups excluding carboxylic acids is 2. The van der Waals surface area contributed by atoms with Crippen molar-refractivity contribution in [2.45, 2.75) is 79.1 Å². The van der Waals surface area contributed by atoms with Crippen LogP contribution in [0.1, 0.15) is 74.8 Å². The lowest BCUT2D eigenvalue weighted by atomic mass is 9.92. The monoisotopic (exact) mass is 656 g/mol. The highest BCUT2D eigenvalue weighted by Gasteiger charge is 2.18. The minimum atomic E-state index is -0.459. The maximum atomic E-state index is 12.0. The van der Waals surface area contributed by atoms with Crippen molar-refractivity contribution >= 4 is 11.9 Å². The average Bonchev–Trinajstić information content (AvgIpc) is 3.08. The predicted molar refractivity (Wildman–Crippen MR) is 192 cm³/mol. The highest BCUT2D eigenvalue weighted by molar-refractivity contribution is 5.87. The van der Waals surface area contributed by atoms with Crippen LogP contribution in [0.2, 0.25) is 0 Å². The van der Waals surface area contributed by atoms with Gasteiger partial charge in [0.1, 0.15) is 37.9 Å². The predicted octanol–water partition coefficient (Wildman–Crippen LogP) is 7.96. The van der Waals surface area contributed by atoms with E-state index in [1.165, 1.54) is 30.4 Å². The molecule has 0 aromatic heterocycles. The Balaban J connectivity index is 1.97. The Morgan fingerprint density at radius 2 is 1.21 bits per heavy atom. The lowest BCUT2D eigenvalue weighted by molar-refractivity contribution is -0.140. The van der Waals surface area contributed by atoms with Gasteiger partial charge in [-0.2, -0.15) is 0 Å². The van der Waals surface area contributed by atoms with Gasteiger partial charge in [0.25, 0.3) is 0 Å². The molecule has 0 aliphatic carbocycles. The van der Waals surface area contributed by atoms with Crippen molar-refractivity contribution in [1.82, 2.24) is 0 Å². The summed E-state index contributed by atoms with van der Waals surface area (Å²) in [5, 5.41) is 9.52. The van der Waals surface area contributed by atoms with Crippen molar-refractivity contribution in [3.63, 3.8) is 0 Å². The molecule has 0 amide bonds. The molecule has 3 rings (SSSR count). The summed E-state index contributed by atoms with van der Waals surface area (Å²) in [7, 11) is 0. The number of rotatable bonds is 21. The zero-order valence-corrected chi connectivity index (χ0v) is 29.2. The normalized spacial score (nSPS) is 10.8. The van der Waals surface area contributed by atoms with Gasteiger partial charge in [0, 0.05) is 23.3 Å². The molecule has 7 nitrogen and oxygen atoms in total. The number of aryl methyl sites for hydroxylation is 4. The number of benzene rings is 3. The van der Waals surface area contributed by atoms with Gasteiger partial charge in [0.05, 0.1) is 0 Å². The maximum Gasteiger partial charge on any atom is 0.333 e. The van der Waals surface area contributed by atoms with Gasteiger partial charge in [-0.15, -0.1) is 0 Å². The van der Waals surface area contributed by atoms with Crippen LogP contribution in [0.3, 0.4) is 0 Å². The molecule has 0 aliphatic heterocycles. The summed E-state index contributed by atoms with van der Waals surface area (Å²) in [4.78, 5) is 23.9. The van der Waals surface area contributed by atoms with E-state index in [1.54, 1.807) is 13.8 Å². The number of aliphatic hydroxyl groups excluding tert-OH is 1. The van der Waals surface area contributed by atoms with Gasteiger partial charge < -0.3 is 24.1 Å². The number of aliphatic hydroxyl groups is 1. The first kappa shape index (κ1) is 38.1. The number of ether oxygens (including phenoxy) is 4. The van der Waals surface area contributed by atoms with E-state index >= 15 is 0 Å². The molecule has 0 saturated heterocycles. The van der Waals surface area contributed by atoms with Crippen LogP contribution in [-0.2, 0) is 51.2 Å². The SMILES string of the molecule is C=C(C)C(=O)OCCOc1cc(-c2ccc(CCO)cc2CC)c(OCCOC(=O)C(=C)C)cc1CCc1ccc(CCCCC)cc1. The fourth-order valence-electron chi connectivity index (χ4n) is 5.30. The van der Waals surface area contributed by atoms with Crippen LogP contribution in [0.4, 0.5) is 0 Å². The van der Waals surface area contributed by atoms with Gasteiger partial charge in [0.2, 0.25) is 0 Å². The summed E-state index contributed by atoms with van der Waals surface area (Å²) < 4.78 is 23.2. The largest absolute Gasteiger partial charge is 0.490 e. The Labute approximate surface area is 286 Å². The van der Waals surface area contributed by atoms with E-state index in [9.17, 15) is 14.7 Å². The molecular formula is C41H52O7. The van der Waals surface area contributed by atoms with E-state index in [0.717, 1.165) is 47.1 Å². The lowest BCUT2D eigenvalue weighted by Gasteiger charge is -2.20. The van der Waals surface area contributed by atoms with Gasteiger partial charge in [-0.1, -0.05) is 82.3 Å². The molecule has 48 heavy (non-hydrogen) atoms. The Hall–Kier alpha value is -4.36. The Morgan fingerprint density at radius 3 is 1.77 bits per heavy atom. The third-order valence-electron chi connectivity index (χ3n) is 8.02.